The second-order valence-electron chi connectivity index (χ2n) is 5.74. The second-order valence-corrected chi connectivity index (χ2v) is 6.59. The lowest BCUT2D eigenvalue weighted by molar-refractivity contribution is -0.142. The Hall–Kier alpha value is -2.27. The Bertz CT molecular complexity index is 898. The number of benzene rings is 2. The number of aryl methyl sites for hydroxylation is 1. The van der Waals surface area contributed by atoms with Gasteiger partial charge in [0.25, 0.3) is 0 Å². The van der Waals surface area contributed by atoms with E-state index >= 15 is 0 Å². The number of furan rings is 1. The summed E-state index contributed by atoms with van der Waals surface area (Å²) in [6.45, 7) is 4.55. The summed E-state index contributed by atoms with van der Waals surface area (Å²) < 4.78 is 17.4. The second kappa shape index (κ2) is 7.74. The number of carbonyl (C=O) groups is 1. The molecular formula is C20H19BrO4. The Labute approximate surface area is 154 Å². The monoisotopic (exact) mass is 402 g/mol. The number of esters is 1. The molecule has 1 aromatic heterocycles. The third-order valence-electron chi connectivity index (χ3n) is 3.95. The van der Waals surface area contributed by atoms with Crippen LogP contribution in [-0.4, -0.2) is 12.6 Å². The van der Waals surface area contributed by atoms with Crippen molar-refractivity contribution in [3.63, 3.8) is 0 Å². The van der Waals surface area contributed by atoms with Gasteiger partial charge in [-0.1, -0.05) is 12.1 Å². The zero-order chi connectivity index (χ0) is 17.8. The molecule has 4 nitrogen and oxygen atoms in total. The summed E-state index contributed by atoms with van der Waals surface area (Å²) in [5, 5.41) is 1.02. The fourth-order valence-corrected chi connectivity index (χ4v) is 3.35. The Morgan fingerprint density at radius 2 is 2.08 bits per heavy atom. The van der Waals surface area contributed by atoms with E-state index in [1.165, 1.54) is 0 Å². The zero-order valence-corrected chi connectivity index (χ0v) is 15.8. The number of carbonyl (C=O) groups excluding carboxylic acids is 1. The lowest BCUT2D eigenvalue weighted by Gasteiger charge is -2.14. The fraction of sp³-hybridized carbons (Fsp3) is 0.250. The average molecular weight is 403 g/mol. The van der Waals surface area contributed by atoms with E-state index in [9.17, 15) is 4.79 Å². The van der Waals surface area contributed by atoms with E-state index in [1.807, 2.05) is 43.3 Å². The highest BCUT2D eigenvalue weighted by molar-refractivity contribution is 9.10. The maximum Gasteiger partial charge on any atom is 0.310 e. The standard InChI is InChI=1S/C20H19BrO4/c1-3-23-19(22)11-16-13(2)5-4-6-18(16)25-12-14-9-15-7-8-24-20(15)17(21)10-14/h4-10H,3,11-12H2,1-2H3. The van der Waals surface area contributed by atoms with Crippen LogP contribution in [0.4, 0.5) is 0 Å². The Balaban J connectivity index is 1.80. The van der Waals surface area contributed by atoms with Crippen molar-refractivity contribution in [1.82, 2.24) is 0 Å². The average Bonchev–Trinajstić information content (AvgIpc) is 3.05. The van der Waals surface area contributed by atoms with Gasteiger partial charge in [0, 0.05) is 10.9 Å². The lowest BCUT2D eigenvalue weighted by Crippen LogP contribution is -2.10. The van der Waals surface area contributed by atoms with Gasteiger partial charge in [-0.25, -0.2) is 0 Å². The molecule has 1 heterocycles. The summed E-state index contributed by atoms with van der Waals surface area (Å²) in [4.78, 5) is 11.9. The summed E-state index contributed by atoms with van der Waals surface area (Å²) in [6, 6.07) is 11.7. The largest absolute Gasteiger partial charge is 0.489 e. The minimum Gasteiger partial charge on any atom is -0.489 e. The number of ether oxygens (including phenoxy) is 2. The smallest absolute Gasteiger partial charge is 0.310 e. The molecule has 3 rings (SSSR count). The summed E-state index contributed by atoms with van der Waals surface area (Å²) >= 11 is 3.52. The number of halogens is 1. The number of rotatable bonds is 6. The Kier molecular flexibility index (Phi) is 5.43. The normalized spacial score (nSPS) is 10.8. The lowest BCUT2D eigenvalue weighted by atomic mass is 10.0. The first kappa shape index (κ1) is 17.5. The van der Waals surface area contributed by atoms with Crippen LogP contribution in [0.25, 0.3) is 11.0 Å². The summed E-state index contributed by atoms with van der Waals surface area (Å²) in [5.74, 6) is 0.459. The van der Waals surface area contributed by atoms with Gasteiger partial charge in [0.2, 0.25) is 0 Å². The molecule has 130 valence electrons. The first-order valence-corrected chi connectivity index (χ1v) is 8.90. The van der Waals surface area contributed by atoms with Crippen molar-refractivity contribution in [3.05, 3.63) is 63.8 Å². The van der Waals surface area contributed by atoms with Crippen LogP contribution < -0.4 is 4.74 Å². The van der Waals surface area contributed by atoms with Crippen LogP contribution in [0.15, 0.2) is 51.6 Å². The molecule has 0 bridgehead atoms. The van der Waals surface area contributed by atoms with Gasteiger partial charge in [-0.3, -0.25) is 4.79 Å². The van der Waals surface area contributed by atoms with Gasteiger partial charge >= 0.3 is 5.97 Å². The minimum absolute atomic E-state index is 0.209. The van der Waals surface area contributed by atoms with Crippen LogP contribution in [0.3, 0.4) is 0 Å². The van der Waals surface area contributed by atoms with Gasteiger partial charge in [0.05, 0.1) is 23.8 Å². The molecule has 0 saturated carbocycles. The minimum atomic E-state index is -0.246. The summed E-state index contributed by atoms with van der Waals surface area (Å²) in [5.41, 5.74) is 3.72. The van der Waals surface area contributed by atoms with Crippen LogP contribution in [0, 0.1) is 6.92 Å². The predicted molar refractivity (Wildman–Crippen MR) is 99.8 cm³/mol. The molecule has 25 heavy (non-hydrogen) atoms. The highest BCUT2D eigenvalue weighted by Gasteiger charge is 2.13. The van der Waals surface area contributed by atoms with Crippen LogP contribution >= 0.6 is 15.9 Å². The Morgan fingerprint density at radius 1 is 1.24 bits per heavy atom. The van der Waals surface area contributed by atoms with Gasteiger partial charge in [0.15, 0.2) is 0 Å². The van der Waals surface area contributed by atoms with Crippen molar-refractivity contribution in [2.75, 3.05) is 6.61 Å². The molecule has 0 radical (unpaired) electrons. The van der Waals surface area contributed by atoms with Crippen molar-refractivity contribution in [2.45, 2.75) is 26.9 Å². The first-order valence-electron chi connectivity index (χ1n) is 8.11. The van der Waals surface area contributed by atoms with Crippen LogP contribution in [0.2, 0.25) is 0 Å². The molecule has 0 N–H and O–H groups in total. The van der Waals surface area contributed by atoms with Crippen LogP contribution in [0.5, 0.6) is 5.75 Å². The van der Waals surface area contributed by atoms with E-state index < -0.39 is 0 Å². The highest BCUT2D eigenvalue weighted by Crippen LogP contribution is 2.28. The molecule has 0 unspecified atom stereocenters. The van der Waals surface area contributed by atoms with Crippen molar-refractivity contribution >= 4 is 32.9 Å². The van der Waals surface area contributed by atoms with Crippen molar-refractivity contribution in [3.8, 4) is 5.75 Å². The van der Waals surface area contributed by atoms with Crippen molar-refractivity contribution in [2.24, 2.45) is 0 Å². The van der Waals surface area contributed by atoms with E-state index in [2.05, 4.69) is 15.9 Å². The Morgan fingerprint density at radius 3 is 2.88 bits per heavy atom. The quantitative estimate of drug-likeness (QED) is 0.532. The topological polar surface area (TPSA) is 48.7 Å². The van der Waals surface area contributed by atoms with Gasteiger partial charge in [-0.05, 0) is 65.2 Å². The summed E-state index contributed by atoms with van der Waals surface area (Å²) in [7, 11) is 0. The molecule has 2 aromatic carbocycles. The summed E-state index contributed by atoms with van der Waals surface area (Å²) in [6.07, 6.45) is 1.87. The predicted octanol–water partition coefficient (Wildman–Crippen LogP) is 5.19. The maximum absolute atomic E-state index is 11.9. The maximum atomic E-state index is 11.9. The van der Waals surface area contributed by atoms with Crippen molar-refractivity contribution in [1.29, 1.82) is 0 Å². The number of hydrogen-bond donors (Lipinski definition) is 0. The third-order valence-corrected chi connectivity index (χ3v) is 4.54. The molecule has 0 spiro atoms. The van der Waals surface area contributed by atoms with E-state index in [0.717, 1.165) is 32.1 Å². The van der Waals surface area contributed by atoms with E-state index in [4.69, 9.17) is 13.9 Å². The molecule has 0 fully saturated rings. The van der Waals surface area contributed by atoms with E-state index in [0.29, 0.717) is 19.0 Å². The van der Waals surface area contributed by atoms with Crippen molar-refractivity contribution < 1.29 is 18.7 Å². The molecule has 5 heteroatoms. The molecule has 0 amide bonds. The SMILES string of the molecule is CCOC(=O)Cc1c(C)cccc1OCc1cc(Br)c2occc2c1. The van der Waals surface area contributed by atoms with E-state index in [1.54, 1.807) is 13.2 Å². The third kappa shape index (κ3) is 4.04. The highest BCUT2D eigenvalue weighted by atomic mass is 79.9. The number of hydrogen-bond acceptors (Lipinski definition) is 4. The van der Waals surface area contributed by atoms with Gasteiger partial charge in [0.1, 0.15) is 17.9 Å². The molecular weight excluding hydrogens is 384 g/mol. The zero-order valence-electron chi connectivity index (χ0n) is 14.2. The fourth-order valence-electron chi connectivity index (χ4n) is 2.73. The molecule has 0 aliphatic heterocycles. The van der Waals surface area contributed by atoms with Gasteiger partial charge in [-0.2, -0.15) is 0 Å². The molecule has 0 aliphatic carbocycles. The molecule has 0 aliphatic rings. The molecule has 0 atom stereocenters. The number of fused-ring (bicyclic) bond motifs is 1. The van der Waals surface area contributed by atoms with Crippen LogP contribution in [0.1, 0.15) is 23.6 Å². The molecule has 0 saturated heterocycles. The molecule has 3 aromatic rings. The van der Waals surface area contributed by atoms with Gasteiger partial charge < -0.3 is 13.9 Å². The van der Waals surface area contributed by atoms with E-state index in [-0.39, 0.29) is 12.4 Å². The van der Waals surface area contributed by atoms with Gasteiger partial charge in [-0.15, -0.1) is 0 Å². The van der Waals surface area contributed by atoms with Crippen LogP contribution in [-0.2, 0) is 22.6 Å². The first-order chi connectivity index (χ1) is 12.1.